The van der Waals surface area contributed by atoms with E-state index in [1.165, 1.54) is 6.42 Å². The summed E-state index contributed by atoms with van der Waals surface area (Å²) in [5, 5.41) is 3.65. The highest BCUT2D eigenvalue weighted by atomic mass is 16.5. The van der Waals surface area contributed by atoms with Crippen molar-refractivity contribution in [3.63, 3.8) is 0 Å². The van der Waals surface area contributed by atoms with Crippen LogP contribution in [0.5, 0.6) is 0 Å². The van der Waals surface area contributed by atoms with Crippen LogP contribution in [-0.2, 0) is 14.2 Å². The fourth-order valence-corrected chi connectivity index (χ4v) is 2.73. The molecule has 0 bridgehead atoms. The van der Waals surface area contributed by atoms with Gasteiger partial charge in [-0.25, -0.2) is 0 Å². The first-order valence-electron chi connectivity index (χ1n) is 8.30. The third kappa shape index (κ3) is 7.56. The van der Waals surface area contributed by atoms with E-state index in [0.717, 1.165) is 26.2 Å². The predicted molar refractivity (Wildman–Crippen MR) is 85.8 cm³/mol. The Labute approximate surface area is 130 Å². The lowest BCUT2D eigenvalue weighted by Gasteiger charge is -2.42. The first-order chi connectivity index (χ1) is 10.2. The molecular formula is C16H34N2O3. The lowest BCUT2D eigenvalue weighted by atomic mass is 9.98. The fraction of sp³-hybridized carbons (Fsp3) is 1.00. The van der Waals surface area contributed by atoms with E-state index in [9.17, 15) is 0 Å². The molecule has 0 aromatic carbocycles. The first kappa shape index (κ1) is 18.8. The van der Waals surface area contributed by atoms with Crippen LogP contribution in [0.4, 0.5) is 0 Å². The Morgan fingerprint density at radius 2 is 1.76 bits per heavy atom. The van der Waals surface area contributed by atoms with E-state index in [4.69, 9.17) is 14.2 Å². The molecule has 1 saturated heterocycles. The lowest BCUT2D eigenvalue weighted by Crippen LogP contribution is -2.58. The third-order valence-corrected chi connectivity index (χ3v) is 4.13. The van der Waals surface area contributed by atoms with Crippen molar-refractivity contribution in [1.82, 2.24) is 10.2 Å². The second-order valence-electron chi connectivity index (χ2n) is 6.04. The van der Waals surface area contributed by atoms with Gasteiger partial charge in [-0.05, 0) is 12.3 Å². The third-order valence-electron chi connectivity index (χ3n) is 4.13. The smallest absolute Gasteiger partial charge is 0.0701 e. The van der Waals surface area contributed by atoms with E-state index in [-0.39, 0.29) is 0 Å². The Bertz CT molecular complexity index is 252. The Kier molecular flexibility index (Phi) is 10.2. The summed E-state index contributed by atoms with van der Waals surface area (Å²) in [4.78, 5) is 2.58. The number of nitrogens with zero attached hydrogens (tertiary/aromatic N) is 1. The molecule has 1 aliphatic rings. The number of hydrogen-bond donors (Lipinski definition) is 1. The number of rotatable bonds is 11. The maximum Gasteiger partial charge on any atom is 0.0701 e. The van der Waals surface area contributed by atoms with Gasteiger partial charge in [-0.2, -0.15) is 0 Å². The quantitative estimate of drug-likeness (QED) is 0.584. The number of ether oxygens (including phenoxy) is 3. The standard InChI is InChI=1S/C16H34N2O3/c1-5-15-13-18(16(12-17-15)14(2)3)6-7-20-10-11-21-9-8-19-4/h14-17H,5-13H2,1-4H3. The molecule has 1 N–H and O–H groups in total. The van der Waals surface area contributed by atoms with Gasteiger partial charge in [0, 0.05) is 38.8 Å². The van der Waals surface area contributed by atoms with E-state index in [0.29, 0.717) is 44.4 Å². The van der Waals surface area contributed by atoms with Crippen molar-refractivity contribution in [2.24, 2.45) is 5.92 Å². The van der Waals surface area contributed by atoms with Gasteiger partial charge in [0.05, 0.1) is 33.0 Å². The van der Waals surface area contributed by atoms with Crippen molar-refractivity contribution < 1.29 is 14.2 Å². The maximum absolute atomic E-state index is 5.69. The molecule has 0 aliphatic carbocycles. The zero-order valence-corrected chi connectivity index (χ0v) is 14.3. The minimum atomic E-state index is 0.620. The van der Waals surface area contributed by atoms with Gasteiger partial charge in [0.25, 0.3) is 0 Å². The van der Waals surface area contributed by atoms with Crippen LogP contribution in [0, 0.1) is 5.92 Å². The normalized spacial score (nSPS) is 23.9. The van der Waals surface area contributed by atoms with Crippen molar-refractivity contribution in [2.45, 2.75) is 39.3 Å². The SMILES string of the molecule is CCC1CN(CCOCCOCCOC)C(C(C)C)CN1. The van der Waals surface area contributed by atoms with Gasteiger partial charge < -0.3 is 19.5 Å². The molecule has 2 unspecified atom stereocenters. The van der Waals surface area contributed by atoms with E-state index >= 15 is 0 Å². The number of piperazine rings is 1. The summed E-state index contributed by atoms with van der Waals surface area (Å²) < 4.78 is 16.0. The largest absolute Gasteiger partial charge is 0.382 e. The molecule has 1 rings (SSSR count). The van der Waals surface area contributed by atoms with Crippen LogP contribution in [0.2, 0.25) is 0 Å². The zero-order chi connectivity index (χ0) is 15.5. The second kappa shape index (κ2) is 11.4. The summed E-state index contributed by atoms with van der Waals surface area (Å²) in [5.41, 5.74) is 0. The van der Waals surface area contributed by atoms with Crippen molar-refractivity contribution in [1.29, 1.82) is 0 Å². The van der Waals surface area contributed by atoms with Crippen LogP contribution in [0.15, 0.2) is 0 Å². The van der Waals surface area contributed by atoms with Crippen LogP contribution in [0.1, 0.15) is 27.2 Å². The first-order valence-corrected chi connectivity index (χ1v) is 8.30. The van der Waals surface area contributed by atoms with Crippen LogP contribution in [0.3, 0.4) is 0 Å². The van der Waals surface area contributed by atoms with Gasteiger partial charge >= 0.3 is 0 Å². The molecule has 1 fully saturated rings. The van der Waals surface area contributed by atoms with Crippen LogP contribution in [0.25, 0.3) is 0 Å². The van der Waals surface area contributed by atoms with Crippen molar-refractivity contribution in [3.05, 3.63) is 0 Å². The molecule has 5 heteroatoms. The number of methoxy groups -OCH3 is 1. The summed E-state index contributed by atoms with van der Waals surface area (Å²) in [5.74, 6) is 0.674. The average Bonchev–Trinajstić information content (AvgIpc) is 2.49. The number of nitrogens with one attached hydrogen (secondary N) is 1. The van der Waals surface area contributed by atoms with Crippen molar-refractivity contribution >= 4 is 0 Å². The second-order valence-corrected chi connectivity index (χ2v) is 6.04. The molecule has 0 aromatic heterocycles. The lowest BCUT2D eigenvalue weighted by molar-refractivity contribution is 0.00879. The summed E-state index contributed by atoms with van der Waals surface area (Å²) in [6.07, 6.45) is 1.19. The molecular weight excluding hydrogens is 268 g/mol. The van der Waals surface area contributed by atoms with E-state index in [1.54, 1.807) is 7.11 Å². The van der Waals surface area contributed by atoms with Gasteiger partial charge in [0.2, 0.25) is 0 Å². The molecule has 126 valence electrons. The zero-order valence-electron chi connectivity index (χ0n) is 14.3. The topological polar surface area (TPSA) is 43.0 Å². The van der Waals surface area contributed by atoms with Crippen LogP contribution in [-0.4, -0.2) is 76.8 Å². The van der Waals surface area contributed by atoms with Crippen LogP contribution < -0.4 is 5.32 Å². The monoisotopic (exact) mass is 302 g/mol. The summed E-state index contributed by atoms with van der Waals surface area (Å²) in [6.45, 7) is 13.5. The average molecular weight is 302 g/mol. The number of hydrogen-bond acceptors (Lipinski definition) is 5. The fourth-order valence-electron chi connectivity index (χ4n) is 2.73. The van der Waals surface area contributed by atoms with E-state index in [2.05, 4.69) is 31.0 Å². The highest BCUT2D eigenvalue weighted by molar-refractivity contribution is 4.87. The predicted octanol–water partition coefficient (Wildman–Crippen LogP) is 1.37. The Morgan fingerprint density at radius 3 is 2.38 bits per heavy atom. The van der Waals surface area contributed by atoms with Crippen LogP contribution >= 0.6 is 0 Å². The molecule has 1 aliphatic heterocycles. The highest BCUT2D eigenvalue weighted by Crippen LogP contribution is 2.15. The molecule has 0 saturated carbocycles. The molecule has 0 spiro atoms. The Morgan fingerprint density at radius 1 is 1.10 bits per heavy atom. The van der Waals surface area contributed by atoms with E-state index in [1.807, 2.05) is 0 Å². The Hall–Kier alpha value is -0.200. The van der Waals surface area contributed by atoms with Gasteiger partial charge in [0.1, 0.15) is 0 Å². The van der Waals surface area contributed by atoms with Crippen molar-refractivity contribution in [3.8, 4) is 0 Å². The van der Waals surface area contributed by atoms with Gasteiger partial charge in [0.15, 0.2) is 0 Å². The Balaban J connectivity index is 2.15. The van der Waals surface area contributed by atoms with Crippen molar-refractivity contribution in [2.75, 3.05) is 59.8 Å². The molecule has 2 atom stereocenters. The molecule has 0 radical (unpaired) electrons. The summed E-state index contributed by atoms with van der Waals surface area (Å²) in [7, 11) is 1.68. The minimum absolute atomic E-state index is 0.620. The van der Waals surface area contributed by atoms with Gasteiger partial charge in [-0.3, -0.25) is 4.90 Å². The highest BCUT2D eigenvalue weighted by Gasteiger charge is 2.28. The summed E-state index contributed by atoms with van der Waals surface area (Å²) >= 11 is 0. The molecule has 1 heterocycles. The van der Waals surface area contributed by atoms with E-state index < -0.39 is 0 Å². The molecule has 21 heavy (non-hydrogen) atoms. The maximum atomic E-state index is 5.69. The summed E-state index contributed by atoms with van der Waals surface area (Å²) in [6, 6.07) is 1.24. The van der Waals surface area contributed by atoms with Gasteiger partial charge in [-0.1, -0.05) is 20.8 Å². The molecule has 5 nitrogen and oxygen atoms in total. The molecule has 0 amide bonds. The molecule has 0 aromatic rings. The van der Waals surface area contributed by atoms with Gasteiger partial charge in [-0.15, -0.1) is 0 Å². The minimum Gasteiger partial charge on any atom is -0.382 e.